The Morgan fingerprint density at radius 2 is 2.03 bits per heavy atom. The normalized spacial score (nSPS) is 13.2. The van der Waals surface area contributed by atoms with Gasteiger partial charge >= 0.3 is 6.03 Å². The zero-order chi connectivity index (χ0) is 20.6. The summed E-state index contributed by atoms with van der Waals surface area (Å²) < 4.78 is 16.3. The van der Waals surface area contributed by atoms with Crippen LogP contribution in [-0.4, -0.2) is 51.0 Å². The number of methoxy groups -OCH3 is 1. The summed E-state index contributed by atoms with van der Waals surface area (Å²) in [7, 11) is 1.64. The molecule has 0 atom stereocenters. The average molecular weight is 417 g/mol. The van der Waals surface area contributed by atoms with Gasteiger partial charge in [-0.3, -0.25) is 0 Å². The minimum Gasteiger partial charge on any atom is -0.497 e. The van der Waals surface area contributed by atoms with Gasteiger partial charge in [-0.15, -0.1) is 0 Å². The molecule has 1 heterocycles. The number of urea groups is 1. The van der Waals surface area contributed by atoms with Gasteiger partial charge in [0.25, 0.3) is 0 Å². The molecule has 6 nitrogen and oxygen atoms in total. The van der Waals surface area contributed by atoms with Gasteiger partial charge < -0.3 is 24.4 Å². The van der Waals surface area contributed by atoms with E-state index in [2.05, 4.69) is 5.32 Å². The molecule has 29 heavy (non-hydrogen) atoms. The summed E-state index contributed by atoms with van der Waals surface area (Å²) in [5.74, 6) is 1.24. The van der Waals surface area contributed by atoms with Crippen LogP contribution >= 0.6 is 11.6 Å². The molecule has 1 aliphatic rings. The fraction of sp³-hybridized carbons (Fsp3) is 0.318. The quantitative estimate of drug-likeness (QED) is 0.634. The number of nitrogens with one attached hydrogen (secondary N) is 1. The first-order chi connectivity index (χ1) is 14.1. The zero-order valence-corrected chi connectivity index (χ0v) is 17.4. The van der Waals surface area contributed by atoms with E-state index in [1.807, 2.05) is 37.3 Å². The smallest absolute Gasteiger partial charge is 0.322 e. The molecule has 154 valence electrons. The van der Waals surface area contributed by atoms with Gasteiger partial charge in [0.05, 0.1) is 24.4 Å². The molecule has 2 amide bonds. The maximum absolute atomic E-state index is 12.8. The number of benzene rings is 2. The summed E-state index contributed by atoms with van der Waals surface area (Å²) >= 11 is 6.26. The largest absolute Gasteiger partial charge is 0.497 e. The lowest BCUT2D eigenvalue weighted by Crippen LogP contribution is -2.33. The highest BCUT2D eigenvalue weighted by Crippen LogP contribution is 2.33. The molecule has 2 aromatic rings. The molecule has 7 heteroatoms. The molecule has 1 N–H and O–H groups in total. The number of rotatable bonds is 8. The molecule has 0 spiro atoms. The monoisotopic (exact) mass is 416 g/mol. The number of nitrogens with zero attached hydrogens (tertiary/aromatic N) is 1. The van der Waals surface area contributed by atoms with E-state index in [0.29, 0.717) is 49.4 Å². The first kappa shape index (κ1) is 21.0. The van der Waals surface area contributed by atoms with Crippen LogP contribution in [0.15, 0.2) is 48.5 Å². The second-order valence-electron chi connectivity index (χ2n) is 6.43. The molecule has 1 aliphatic heterocycles. The van der Waals surface area contributed by atoms with Gasteiger partial charge in [-0.2, -0.15) is 0 Å². The number of ether oxygens (including phenoxy) is 3. The van der Waals surface area contributed by atoms with Crippen molar-refractivity contribution >= 4 is 28.9 Å². The zero-order valence-electron chi connectivity index (χ0n) is 16.6. The van der Waals surface area contributed by atoms with E-state index in [-0.39, 0.29) is 6.03 Å². The summed E-state index contributed by atoms with van der Waals surface area (Å²) in [5, 5.41) is 3.35. The lowest BCUT2D eigenvalue weighted by Gasteiger charge is -2.19. The van der Waals surface area contributed by atoms with Crippen molar-refractivity contribution in [3.8, 4) is 11.5 Å². The minimum absolute atomic E-state index is 0.212. The molecule has 0 fully saturated rings. The molecule has 3 rings (SSSR count). The lowest BCUT2D eigenvalue weighted by atomic mass is 10.1. The van der Waals surface area contributed by atoms with Crippen molar-refractivity contribution in [3.63, 3.8) is 0 Å². The third kappa shape index (κ3) is 5.43. The van der Waals surface area contributed by atoms with Gasteiger partial charge in [-0.25, -0.2) is 4.79 Å². The van der Waals surface area contributed by atoms with Crippen LogP contribution < -0.4 is 14.8 Å². The summed E-state index contributed by atoms with van der Waals surface area (Å²) in [6.45, 7) is 4.39. The van der Waals surface area contributed by atoms with Crippen LogP contribution in [0.1, 0.15) is 12.5 Å². The SMILES string of the molecule is CCOCCOc1c(Cl)cccc1NC(=O)N1CC=C(c2cccc(OC)c2)C1. The highest BCUT2D eigenvalue weighted by molar-refractivity contribution is 6.32. The van der Waals surface area contributed by atoms with Gasteiger partial charge in [0.1, 0.15) is 12.4 Å². The minimum atomic E-state index is -0.212. The maximum Gasteiger partial charge on any atom is 0.322 e. The van der Waals surface area contributed by atoms with Crippen LogP contribution in [0, 0.1) is 0 Å². The summed E-state index contributed by atoms with van der Waals surface area (Å²) in [6.07, 6.45) is 2.05. The maximum atomic E-state index is 12.8. The molecule has 0 saturated carbocycles. The van der Waals surface area contributed by atoms with E-state index >= 15 is 0 Å². The Balaban J connectivity index is 1.63. The number of anilines is 1. The average Bonchev–Trinajstić information content (AvgIpc) is 3.23. The predicted molar refractivity (Wildman–Crippen MR) is 115 cm³/mol. The Labute approximate surface area is 176 Å². The van der Waals surface area contributed by atoms with Crippen LogP contribution in [0.3, 0.4) is 0 Å². The second-order valence-corrected chi connectivity index (χ2v) is 6.84. The Kier molecular flexibility index (Phi) is 7.38. The molecular weight excluding hydrogens is 392 g/mol. The van der Waals surface area contributed by atoms with E-state index < -0.39 is 0 Å². The van der Waals surface area contributed by atoms with E-state index in [9.17, 15) is 4.79 Å². The second kappa shape index (κ2) is 10.2. The van der Waals surface area contributed by atoms with Crippen molar-refractivity contribution in [2.45, 2.75) is 6.92 Å². The van der Waals surface area contributed by atoms with Crippen LogP contribution in [0.5, 0.6) is 11.5 Å². The van der Waals surface area contributed by atoms with Gasteiger partial charge in [0.15, 0.2) is 5.75 Å². The van der Waals surface area contributed by atoms with Crippen molar-refractivity contribution in [2.75, 3.05) is 45.3 Å². The third-order valence-electron chi connectivity index (χ3n) is 4.53. The molecule has 0 aromatic heterocycles. The summed E-state index contributed by atoms with van der Waals surface area (Å²) in [4.78, 5) is 14.5. The van der Waals surface area contributed by atoms with Crippen molar-refractivity contribution in [2.24, 2.45) is 0 Å². The van der Waals surface area contributed by atoms with Crippen molar-refractivity contribution in [3.05, 3.63) is 59.1 Å². The predicted octanol–water partition coefficient (Wildman–Crippen LogP) is 4.70. The number of halogens is 1. The van der Waals surface area contributed by atoms with E-state index in [0.717, 1.165) is 16.9 Å². The Morgan fingerprint density at radius 1 is 1.21 bits per heavy atom. The fourth-order valence-electron chi connectivity index (χ4n) is 3.04. The van der Waals surface area contributed by atoms with Crippen LogP contribution in [-0.2, 0) is 4.74 Å². The molecular formula is C22H25ClN2O4. The van der Waals surface area contributed by atoms with Gasteiger partial charge in [-0.1, -0.05) is 35.9 Å². The topological polar surface area (TPSA) is 60.0 Å². The van der Waals surface area contributed by atoms with Crippen molar-refractivity contribution in [1.82, 2.24) is 4.90 Å². The third-order valence-corrected chi connectivity index (χ3v) is 4.83. The Morgan fingerprint density at radius 3 is 2.83 bits per heavy atom. The fourth-order valence-corrected chi connectivity index (χ4v) is 3.27. The number of amides is 2. The molecule has 0 bridgehead atoms. The van der Waals surface area contributed by atoms with E-state index in [1.54, 1.807) is 30.2 Å². The summed E-state index contributed by atoms with van der Waals surface area (Å²) in [5.41, 5.74) is 2.66. The highest BCUT2D eigenvalue weighted by Gasteiger charge is 2.22. The number of para-hydroxylation sites is 1. The van der Waals surface area contributed by atoms with Crippen LogP contribution in [0.25, 0.3) is 5.57 Å². The standard InChI is InChI=1S/C22H25ClN2O4/c1-3-28-12-13-29-21-19(23)8-5-9-20(21)24-22(26)25-11-10-17(15-25)16-6-4-7-18(14-16)27-2/h4-10,14H,3,11-13,15H2,1-2H3,(H,24,26). The lowest BCUT2D eigenvalue weighted by molar-refractivity contribution is 0.110. The van der Waals surface area contributed by atoms with Gasteiger partial charge in [-0.05, 0) is 42.3 Å². The van der Waals surface area contributed by atoms with Gasteiger partial charge in [0.2, 0.25) is 0 Å². The number of carbonyl (C=O) groups is 1. The molecule has 0 aliphatic carbocycles. The number of hydrogen-bond acceptors (Lipinski definition) is 4. The van der Waals surface area contributed by atoms with Crippen LogP contribution in [0.2, 0.25) is 5.02 Å². The van der Waals surface area contributed by atoms with Crippen molar-refractivity contribution in [1.29, 1.82) is 0 Å². The van der Waals surface area contributed by atoms with Crippen LogP contribution in [0.4, 0.5) is 10.5 Å². The van der Waals surface area contributed by atoms with Gasteiger partial charge in [0, 0.05) is 19.7 Å². The van der Waals surface area contributed by atoms with E-state index in [1.165, 1.54) is 0 Å². The first-order valence-corrected chi connectivity index (χ1v) is 9.88. The number of carbonyl (C=O) groups excluding carboxylic acids is 1. The summed E-state index contributed by atoms with van der Waals surface area (Å²) in [6, 6.07) is 12.9. The Hall–Kier alpha value is -2.70. The molecule has 0 saturated heterocycles. The van der Waals surface area contributed by atoms with E-state index in [4.69, 9.17) is 25.8 Å². The molecule has 0 unspecified atom stereocenters. The molecule has 0 radical (unpaired) electrons. The first-order valence-electron chi connectivity index (χ1n) is 9.50. The molecule has 2 aromatic carbocycles. The Bertz CT molecular complexity index is 885. The highest BCUT2D eigenvalue weighted by atomic mass is 35.5. The van der Waals surface area contributed by atoms with Crippen molar-refractivity contribution < 1.29 is 19.0 Å². The number of hydrogen-bond donors (Lipinski definition) is 1.